The molecule has 1 fully saturated rings. The van der Waals surface area contributed by atoms with Gasteiger partial charge in [-0.15, -0.1) is 0 Å². The van der Waals surface area contributed by atoms with E-state index in [9.17, 15) is 22.7 Å². The molecule has 104 valence electrons. The molecule has 1 saturated heterocycles. The zero-order valence-corrected chi connectivity index (χ0v) is 10.6. The Kier molecular flexibility index (Phi) is 3.57. The van der Waals surface area contributed by atoms with Crippen LogP contribution in [0, 0.1) is 5.82 Å². The van der Waals surface area contributed by atoms with E-state index in [1.807, 2.05) is 0 Å². The van der Waals surface area contributed by atoms with E-state index in [4.69, 9.17) is 5.11 Å². The Labute approximate surface area is 109 Å². The Morgan fingerprint density at radius 1 is 1.42 bits per heavy atom. The van der Waals surface area contributed by atoms with Crippen LogP contribution in [-0.4, -0.2) is 48.1 Å². The molecule has 6 nitrogen and oxygen atoms in total. The van der Waals surface area contributed by atoms with Gasteiger partial charge >= 0.3 is 5.97 Å². The van der Waals surface area contributed by atoms with Crippen molar-refractivity contribution in [3.05, 3.63) is 29.6 Å². The number of aliphatic hydroxyl groups is 1. The molecule has 0 radical (unpaired) electrons. The summed E-state index contributed by atoms with van der Waals surface area (Å²) in [7, 11) is -4.12. The molecule has 1 aliphatic rings. The lowest BCUT2D eigenvalue weighted by Gasteiger charge is -2.16. The number of rotatable bonds is 3. The van der Waals surface area contributed by atoms with Crippen LogP contribution in [0.2, 0.25) is 0 Å². The number of aromatic carboxylic acids is 1. The van der Waals surface area contributed by atoms with Crippen LogP contribution in [0.4, 0.5) is 4.39 Å². The van der Waals surface area contributed by atoms with Gasteiger partial charge in [-0.05, 0) is 24.6 Å². The molecule has 8 heteroatoms. The Bertz CT molecular complexity index is 616. The first-order valence-corrected chi connectivity index (χ1v) is 6.97. The number of carboxylic acid groups (broad SMARTS) is 1. The van der Waals surface area contributed by atoms with Crippen molar-refractivity contribution in [2.24, 2.45) is 0 Å². The summed E-state index contributed by atoms with van der Waals surface area (Å²) in [5.41, 5.74) is -0.306. The van der Waals surface area contributed by atoms with Crippen molar-refractivity contribution in [3.8, 4) is 0 Å². The number of halogens is 1. The summed E-state index contributed by atoms with van der Waals surface area (Å²) in [4.78, 5) is 10.1. The van der Waals surface area contributed by atoms with Gasteiger partial charge in [-0.25, -0.2) is 17.6 Å². The predicted molar refractivity (Wildman–Crippen MR) is 62.7 cm³/mol. The van der Waals surface area contributed by atoms with Gasteiger partial charge in [0, 0.05) is 13.1 Å². The largest absolute Gasteiger partial charge is 0.478 e. The van der Waals surface area contributed by atoms with Crippen LogP contribution in [0.15, 0.2) is 23.1 Å². The van der Waals surface area contributed by atoms with Gasteiger partial charge in [-0.2, -0.15) is 4.31 Å². The molecule has 0 saturated carbocycles. The van der Waals surface area contributed by atoms with Crippen LogP contribution in [-0.2, 0) is 10.0 Å². The second kappa shape index (κ2) is 4.87. The van der Waals surface area contributed by atoms with Crippen molar-refractivity contribution in [2.75, 3.05) is 13.1 Å². The summed E-state index contributed by atoms with van der Waals surface area (Å²) >= 11 is 0. The van der Waals surface area contributed by atoms with E-state index in [0.29, 0.717) is 0 Å². The van der Waals surface area contributed by atoms with E-state index in [1.54, 1.807) is 0 Å². The molecule has 0 spiro atoms. The average Bonchev–Trinajstić information content (AvgIpc) is 2.76. The number of nitrogens with zero attached hydrogens (tertiary/aromatic N) is 1. The SMILES string of the molecule is O=C(O)c1ccc(F)c(S(=O)(=O)N2CC[C@H](O)C2)c1. The molecule has 1 aromatic carbocycles. The fourth-order valence-electron chi connectivity index (χ4n) is 1.90. The maximum atomic E-state index is 13.6. The van der Waals surface area contributed by atoms with E-state index in [2.05, 4.69) is 0 Å². The van der Waals surface area contributed by atoms with Crippen molar-refractivity contribution in [1.82, 2.24) is 4.31 Å². The fourth-order valence-corrected chi connectivity index (χ4v) is 3.48. The van der Waals surface area contributed by atoms with Gasteiger partial charge in [-0.1, -0.05) is 0 Å². The van der Waals surface area contributed by atoms with Gasteiger partial charge in [0.1, 0.15) is 10.7 Å². The van der Waals surface area contributed by atoms with Crippen molar-refractivity contribution in [1.29, 1.82) is 0 Å². The van der Waals surface area contributed by atoms with Crippen LogP contribution in [0.3, 0.4) is 0 Å². The molecule has 1 heterocycles. The number of carboxylic acids is 1. The second-order valence-electron chi connectivity index (χ2n) is 4.26. The number of hydrogen-bond donors (Lipinski definition) is 2. The van der Waals surface area contributed by atoms with Crippen LogP contribution in [0.25, 0.3) is 0 Å². The molecule has 0 aliphatic carbocycles. The summed E-state index contributed by atoms with van der Waals surface area (Å²) < 4.78 is 38.9. The molecule has 1 aliphatic heterocycles. The van der Waals surface area contributed by atoms with Crippen molar-refractivity contribution >= 4 is 16.0 Å². The normalized spacial score (nSPS) is 20.6. The summed E-state index contributed by atoms with van der Waals surface area (Å²) in [5, 5.41) is 18.1. The van der Waals surface area contributed by atoms with Gasteiger partial charge in [0.25, 0.3) is 0 Å². The molecule has 0 bridgehead atoms. The fraction of sp³-hybridized carbons (Fsp3) is 0.364. The lowest BCUT2D eigenvalue weighted by molar-refractivity contribution is 0.0696. The van der Waals surface area contributed by atoms with E-state index in [0.717, 1.165) is 22.5 Å². The number of hydrogen-bond acceptors (Lipinski definition) is 4. The van der Waals surface area contributed by atoms with Crippen molar-refractivity contribution < 1.29 is 27.8 Å². The van der Waals surface area contributed by atoms with Gasteiger partial charge in [-0.3, -0.25) is 0 Å². The minimum absolute atomic E-state index is 0.0836. The molecule has 19 heavy (non-hydrogen) atoms. The molecular formula is C11H12FNO5S. The second-order valence-corrected chi connectivity index (χ2v) is 6.16. The van der Waals surface area contributed by atoms with Crippen LogP contribution < -0.4 is 0 Å². The van der Waals surface area contributed by atoms with E-state index in [-0.39, 0.29) is 25.1 Å². The van der Waals surface area contributed by atoms with E-state index in [1.165, 1.54) is 0 Å². The first kappa shape index (κ1) is 13.9. The van der Waals surface area contributed by atoms with Crippen molar-refractivity contribution in [3.63, 3.8) is 0 Å². The molecule has 2 rings (SSSR count). The Morgan fingerprint density at radius 2 is 2.11 bits per heavy atom. The molecule has 2 N–H and O–H groups in total. The predicted octanol–water partition coefficient (Wildman–Crippen LogP) is 0.279. The highest BCUT2D eigenvalue weighted by molar-refractivity contribution is 7.89. The topological polar surface area (TPSA) is 94.9 Å². The summed E-state index contributed by atoms with van der Waals surface area (Å²) in [6.45, 7) is -0.0285. The lowest BCUT2D eigenvalue weighted by atomic mass is 10.2. The van der Waals surface area contributed by atoms with Gasteiger partial charge < -0.3 is 10.2 Å². The smallest absolute Gasteiger partial charge is 0.335 e. The minimum Gasteiger partial charge on any atom is -0.478 e. The monoisotopic (exact) mass is 289 g/mol. The first-order chi connectivity index (χ1) is 8.82. The minimum atomic E-state index is -4.12. The summed E-state index contributed by atoms with van der Waals surface area (Å²) in [6.07, 6.45) is -0.500. The highest BCUT2D eigenvalue weighted by Gasteiger charge is 2.33. The first-order valence-electron chi connectivity index (χ1n) is 5.53. The van der Waals surface area contributed by atoms with Crippen molar-refractivity contribution in [2.45, 2.75) is 17.4 Å². The zero-order chi connectivity index (χ0) is 14.2. The van der Waals surface area contributed by atoms with E-state index >= 15 is 0 Å². The third kappa shape index (κ3) is 2.60. The number of aliphatic hydroxyl groups excluding tert-OH is 1. The van der Waals surface area contributed by atoms with Gasteiger partial charge in [0.15, 0.2) is 0 Å². The van der Waals surface area contributed by atoms with Crippen LogP contribution in [0.5, 0.6) is 0 Å². The standard InChI is InChI=1S/C11H12FNO5S/c12-9-2-1-7(11(15)16)5-10(9)19(17,18)13-4-3-8(14)6-13/h1-2,5,8,14H,3-4,6H2,(H,15,16)/t8-/m0/s1. The van der Waals surface area contributed by atoms with Gasteiger partial charge in [0.05, 0.1) is 11.7 Å². The number of carbonyl (C=O) groups is 1. The quantitative estimate of drug-likeness (QED) is 0.833. The molecule has 1 atom stereocenters. The summed E-state index contributed by atoms with van der Waals surface area (Å²) in [6, 6.07) is 2.59. The van der Waals surface area contributed by atoms with Crippen LogP contribution >= 0.6 is 0 Å². The lowest BCUT2D eigenvalue weighted by Crippen LogP contribution is -2.30. The Morgan fingerprint density at radius 3 is 2.63 bits per heavy atom. The third-order valence-electron chi connectivity index (χ3n) is 2.92. The molecule has 0 aromatic heterocycles. The number of benzene rings is 1. The third-order valence-corrected chi connectivity index (χ3v) is 4.80. The maximum absolute atomic E-state index is 13.6. The zero-order valence-electron chi connectivity index (χ0n) is 9.78. The molecule has 1 aromatic rings. The van der Waals surface area contributed by atoms with Gasteiger partial charge in [0.2, 0.25) is 10.0 Å². The Hall–Kier alpha value is -1.51. The molecular weight excluding hydrogens is 277 g/mol. The average molecular weight is 289 g/mol. The Balaban J connectivity index is 2.45. The summed E-state index contributed by atoms with van der Waals surface area (Å²) in [5.74, 6) is -2.34. The highest BCUT2D eigenvalue weighted by atomic mass is 32.2. The molecule has 0 amide bonds. The van der Waals surface area contributed by atoms with E-state index < -0.39 is 32.8 Å². The number of β-amino-alcohol motifs (C(OH)–C–C–N with tert-alkyl or cyclic N) is 1. The number of sulfonamides is 1. The van der Waals surface area contributed by atoms with Crippen LogP contribution in [0.1, 0.15) is 16.8 Å². The molecule has 0 unspecified atom stereocenters. The highest BCUT2D eigenvalue weighted by Crippen LogP contribution is 2.24. The maximum Gasteiger partial charge on any atom is 0.335 e.